The molecule has 21 heavy (non-hydrogen) atoms. The lowest BCUT2D eigenvalue weighted by atomic mass is 10.2. The van der Waals surface area contributed by atoms with Crippen LogP contribution in [0.1, 0.15) is 21.5 Å². The van der Waals surface area contributed by atoms with Gasteiger partial charge in [0.15, 0.2) is 9.84 Å². The molecule has 0 saturated carbocycles. The molecule has 7 heteroatoms. The number of carbonyl (C=O) groups is 1. The van der Waals surface area contributed by atoms with Crippen molar-refractivity contribution in [1.82, 2.24) is 4.98 Å². The molecule has 1 aromatic carbocycles. The second-order valence-electron chi connectivity index (χ2n) is 4.58. The molecule has 0 spiro atoms. The molecule has 0 fully saturated rings. The third kappa shape index (κ3) is 3.59. The molecular formula is C14H12ClNO4S. The van der Waals surface area contributed by atoms with E-state index in [9.17, 15) is 13.2 Å². The molecule has 1 N–H and O–H groups in total. The zero-order valence-corrected chi connectivity index (χ0v) is 12.6. The van der Waals surface area contributed by atoms with Crippen LogP contribution < -0.4 is 0 Å². The maximum Gasteiger partial charge on any atom is 0.335 e. The molecule has 0 saturated heterocycles. The molecule has 0 atom stereocenters. The smallest absolute Gasteiger partial charge is 0.335 e. The molecule has 1 aromatic heterocycles. The van der Waals surface area contributed by atoms with Crippen LogP contribution in [0.3, 0.4) is 0 Å². The SMILES string of the molecule is Cc1cncc(CS(=O)(=O)c2cc(C(=O)O)ccc2Cl)c1. The number of aryl methyl sites for hydroxylation is 1. The Morgan fingerprint density at radius 2 is 2.00 bits per heavy atom. The fraction of sp³-hybridized carbons (Fsp3) is 0.143. The minimum Gasteiger partial charge on any atom is -0.478 e. The Balaban J connectivity index is 2.44. The standard InChI is InChI=1S/C14H12ClNO4S/c1-9-4-10(7-16-6-9)8-21(19,20)13-5-11(14(17)18)2-3-12(13)15/h2-7H,8H2,1H3,(H,17,18). The maximum absolute atomic E-state index is 12.4. The molecule has 1 heterocycles. The van der Waals surface area contributed by atoms with E-state index in [-0.39, 0.29) is 21.2 Å². The van der Waals surface area contributed by atoms with Gasteiger partial charge in [-0.05, 0) is 36.2 Å². The first-order valence-electron chi connectivity index (χ1n) is 5.96. The Hall–Kier alpha value is -1.92. The van der Waals surface area contributed by atoms with Crippen LogP contribution in [-0.4, -0.2) is 24.5 Å². The number of aromatic carboxylic acids is 1. The van der Waals surface area contributed by atoms with Crippen LogP contribution in [0, 0.1) is 6.92 Å². The molecule has 2 rings (SSSR count). The maximum atomic E-state index is 12.4. The average Bonchev–Trinajstić information content (AvgIpc) is 2.38. The van der Waals surface area contributed by atoms with Gasteiger partial charge in [0.1, 0.15) is 0 Å². The van der Waals surface area contributed by atoms with E-state index in [0.717, 1.165) is 11.6 Å². The van der Waals surface area contributed by atoms with Crippen LogP contribution >= 0.6 is 11.6 Å². The Bertz CT molecular complexity index is 802. The number of halogens is 1. The molecular weight excluding hydrogens is 314 g/mol. The van der Waals surface area contributed by atoms with Gasteiger partial charge in [-0.2, -0.15) is 0 Å². The number of nitrogens with zero attached hydrogens (tertiary/aromatic N) is 1. The predicted octanol–water partition coefficient (Wildman–Crippen LogP) is 2.72. The van der Waals surface area contributed by atoms with Crippen LogP contribution in [0.15, 0.2) is 41.6 Å². The topological polar surface area (TPSA) is 84.3 Å². The summed E-state index contributed by atoms with van der Waals surface area (Å²) in [5.41, 5.74) is 1.24. The van der Waals surface area contributed by atoms with E-state index in [1.807, 2.05) is 0 Å². The van der Waals surface area contributed by atoms with Gasteiger partial charge in [-0.1, -0.05) is 17.7 Å². The van der Waals surface area contributed by atoms with Crippen molar-refractivity contribution < 1.29 is 18.3 Å². The number of sulfone groups is 1. The molecule has 0 unspecified atom stereocenters. The van der Waals surface area contributed by atoms with Crippen molar-refractivity contribution in [1.29, 1.82) is 0 Å². The molecule has 0 radical (unpaired) electrons. The van der Waals surface area contributed by atoms with Crippen molar-refractivity contribution in [2.45, 2.75) is 17.6 Å². The van der Waals surface area contributed by atoms with E-state index >= 15 is 0 Å². The summed E-state index contributed by atoms with van der Waals surface area (Å²) in [5.74, 6) is -1.50. The second-order valence-corrected chi connectivity index (χ2v) is 6.95. The third-order valence-corrected chi connectivity index (χ3v) is 4.96. The fourth-order valence-electron chi connectivity index (χ4n) is 1.87. The van der Waals surface area contributed by atoms with Gasteiger partial charge in [0.2, 0.25) is 0 Å². The predicted molar refractivity (Wildman–Crippen MR) is 78.3 cm³/mol. The monoisotopic (exact) mass is 325 g/mol. The number of carboxylic acid groups (broad SMARTS) is 1. The summed E-state index contributed by atoms with van der Waals surface area (Å²) in [6.45, 7) is 1.81. The quantitative estimate of drug-likeness (QED) is 0.934. The summed E-state index contributed by atoms with van der Waals surface area (Å²) in [6.07, 6.45) is 3.08. The molecule has 5 nitrogen and oxygen atoms in total. The van der Waals surface area contributed by atoms with E-state index in [1.165, 1.54) is 18.3 Å². The molecule has 0 aliphatic carbocycles. The minimum absolute atomic E-state index is 0.000567. The molecule has 2 aromatic rings. The highest BCUT2D eigenvalue weighted by atomic mass is 35.5. The van der Waals surface area contributed by atoms with Gasteiger partial charge in [0.05, 0.1) is 21.2 Å². The zero-order valence-electron chi connectivity index (χ0n) is 11.1. The Morgan fingerprint density at radius 3 is 2.62 bits per heavy atom. The summed E-state index contributed by atoms with van der Waals surface area (Å²) in [6, 6.07) is 5.31. The van der Waals surface area contributed by atoms with Gasteiger partial charge >= 0.3 is 5.97 Å². The van der Waals surface area contributed by atoms with Crippen LogP contribution in [0.4, 0.5) is 0 Å². The molecule has 0 aliphatic rings. The molecule has 0 aliphatic heterocycles. The Labute approximate surface area is 127 Å². The number of pyridine rings is 1. The van der Waals surface area contributed by atoms with Gasteiger partial charge in [-0.15, -0.1) is 0 Å². The highest BCUT2D eigenvalue weighted by Crippen LogP contribution is 2.26. The lowest BCUT2D eigenvalue weighted by molar-refractivity contribution is 0.0696. The van der Waals surface area contributed by atoms with Crippen molar-refractivity contribution >= 4 is 27.4 Å². The number of carboxylic acids is 1. The fourth-order valence-corrected chi connectivity index (χ4v) is 3.76. The summed E-state index contributed by atoms with van der Waals surface area (Å²) in [5, 5.41) is 8.94. The number of rotatable bonds is 4. The van der Waals surface area contributed by atoms with Gasteiger partial charge in [-0.3, -0.25) is 4.98 Å². The average molecular weight is 326 g/mol. The number of benzene rings is 1. The number of hydrogen-bond donors (Lipinski definition) is 1. The van der Waals surface area contributed by atoms with E-state index < -0.39 is 15.8 Å². The van der Waals surface area contributed by atoms with Gasteiger partial charge in [0.25, 0.3) is 0 Å². The van der Waals surface area contributed by atoms with Gasteiger partial charge in [0, 0.05) is 12.4 Å². The van der Waals surface area contributed by atoms with Gasteiger partial charge < -0.3 is 5.11 Å². The Kier molecular flexibility index (Phi) is 4.29. The second kappa shape index (κ2) is 5.83. The highest BCUT2D eigenvalue weighted by molar-refractivity contribution is 7.90. The first kappa shape index (κ1) is 15.5. The molecule has 0 amide bonds. The van der Waals surface area contributed by atoms with Crippen LogP contribution in [-0.2, 0) is 15.6 Å². The van der Waals surface area contributed by atoms with E-state index in [2.05, 4.69) is 4.98 Å². The van der Waals surface area contributed by atoms with Crippen LogP contribution in [0.25, 0.3) is 0 Å². The first-order valence-corrected chi connectivity index (χ1v) is 7.99. The summed E-state index contributed by atoms with van der Waals surface area (Å²) in [7, 11) is -3.75. The van der Waals surface area contributed by atoms with E-state index in [1.54, 1.807) is 19.2 Å². The van der Waals surface area contributed by atoms with Crippen molar-refractivity contribution in [3.63, 3.8) is 0 Å². The van der Waals surface area contributed by atoms with Crippen molar-refractivity contribution in [2.24, 2.45) is 0 Å². The number of aromatic nitrogens is 1. The van der Waals surface area contributed by atoms with Gasteiger partial charge in [-0.25, -0.2) is 13.2 Å². The summed E-state index contributed by atoms with van der Waals surface area (Å²) in [4.78, 5) is 14.7. The largest absolute Gasteiger partial charge is 0.478 e. The lowest BCUT2D eigenvalue weighted by Crippen LogP contribution is -2.08. The zero-order chi connectivity index (χ0) is 15.6. The minimum atomic E-state index is -3.75. The van der Waals surface area contributed by atoms with Crippen LogP contribution in [0.2, 0.25) is 5.02 Å². The van der Waals surface area contributed by atoms with E-state index in [4.69, 9.17) is 16.7 Å². The third-order valence-electron chi connectivity index (χ3n) is 2.80. The summed E-state index contributed by atoms with van der Waals surface area (Å²) >= 11 is 5.90. The number of hydrogen-bond acceptors (Lipinski definition) is 4. The van der Waals surface area contributed by atoms with E-state index in [0.29, 0.717) is 5.56 Å². The molecule has 0 bridgehead atoms. The normalized spacial score (nSPS) is 11.3. The Morgan fingerprint density at radius 1 is 1.29 bits per heavy atom. The van der Waals surface area contributed by atoms with Crippen molar-refractivity contribution in [3.8, 4) is 0 Å². The van der Waals surface area contributed by atoms with Crippen molar-refractivity contribution in [2.75, 3.05) is 0 Å². The van der Waals surface area contributed by atoms with Crippen LogP contribution in [0.5, 0.6) is 0 Å². The molecule has 110 valence electrons. The highest BCUT2D eigenvalue weighted by Gasteiger charge is 2.21. The summed E-state index contributed by atoms with van der Waals surface area (Å²) < 4.78 is 24.8. The van der Waals surface area contributed by atoms with Crippen molar-refractivity contribution in [3.05, 3.63) is 58.4 Å². The lowest BCUT2D eigenvalue weighted by Gasteiger charge is -2.08. The first-order chi connectivity index (χ1) is 9.79.